The zero-order valence-electron chi connectivity index (χ0n) is 16.5. The molecule has 2 aromatic rings. The maximum atomic E-state index is 13.2. The van der Waals surface area contributed by atoms with E-state index in [4.69, 9.17) is 0 Å². The van der Waals surface area contributed by atoms with Crippen LogP contribution in [0.25, 0.3) is 0 Å². The summed E-state index contributed by atoms with van der Waals surface area (Å²) in [4.78, 5) is 22.4. The van der Waals surface area contributed by atoms with Crippen LogP contribution in [-0.2, 0) is 16.8 Å². The average Bonchev–Trinajstić information content (AvgIpc) is 3.38. The van der Waals surface area contributed by atoms with E-state index in [9.17, 15) is 4.79 Å². The Bertz CT molecular complexity index is 836. The third-order valence-corrected chi connectivity index (χ3v) is 7.14. The van der Waals surface area contributed by atoms with Gasteiger partial charge in [0.25, 0.3) is 0 Å². The molecule has 1 atom stereocenters. The van der Waals surface area contributed by atoms with Crippen molar-refractivity contribution in [2.45, 2.75) is 50.0 Å². The molecule has 2 fully saturated rings. The number of carbonyl (C=O) groups excluding carboxylic acids is 1. The molecule has 5 rings (SSSR count). The fourth-order valence-electron chi connectivity index (χ4n) is 5.61. The number of piperidine rings is 1. The first-order valence-electron chi connectivity index (χ1n) is 10.8. The Morgan fingerprint density at radius 2 is 1.75 bits per heavy atom. The first-order chi connectivity index (χ1) is 13.8. The van der Waals surface area contributed by atoms with Gasteiger partial charge >= 0.3 is 0 Å². The van der Waals surface area contributed by atoms with Crippen LogP contribution in [-0.4, -0.2) is 46.9 Å². The van der Waals surface area contributed by atoms with E-state index in [2.05, 4.69) is 51.2 Å². The minimum atomic E-state index is 0.0663. The molecule has 0 radical (unpaired) electrons. The largest absolute Gasteiger partial charge is 0.342 e. The summed E-state index contributed by atoms with van der Waals surface area (Å²) in [6.45, 7) is 4.98. The normalized spacial score (nSPS) is 23.9. The molecule has 28 heavy (non-hydrogen) atoms. The summed E-state index contributed by atoms with van der Waals surface area (Å²) in [7, 11) is 0. The van der Waals surface area contributed by atoms with E-state index in [0.29, 0.717) is 5.91 Å². The van der Waals surface area contributed by atoms with Crippen molar-refractivity contribution in [2.75, 3.05) is 26.2 Å². The molecule has 2 saturated heterocycles. The second-order valence-corrected chi connectivity index (χ2v) is 8.75. The number of pyridine rings is 1. The standard InChI is InChI=1S/C24H29N3O/c28-23(27-13-5-6-14-27)21-17-24(22-9-2-1-8-20(21)22)10-15-26(16-11-24)18-19-7-3-4-12-25-19/h1-4,7-9,12,21H,5-6,10-11,13-18H2. The molecule has 1 amide bonds. The molecule has 2 aliphatic heterocycles. The second kappa shape index (κ2) is 7.32. The van der Waals surface area contributed by atoms with Gasteiger partial charge in [0.15, 0.2) is 0 Å². The van der Waals surface area contributed by atoms with E-state index >= 15 is 0 Å². The maximum Gasteiger partial charge on any atom is 0.230 e. The fourth-order valence-corrected chi connectivity index (χ4v) is 5.61. The van der Waals surface area contributed by atoms with Crippen LogP contribution < -0.4 is 0 Å². The van der Waals surface area contributed by atoms with E-state index in [1.807, 2.05) is 12.3 Å². The van der Waals surface area contributed by atoms with Crippen molar-refractivity contribution in [2.24, 2.45) is 0 Å². The summed E-state index contributed by atoms with van der Waals surface area (Å²) >= 11 is 0. The number of likely N-dealkylation sites (tertiary alicyclic amines) is 2. The van der Waals surface area contributed by atoms with E-state index in [1.165, 1.54) is 11.1 Å². The average molecular weight is 376 g/mol. The van der Waals surface area contributed by atoms with E-state index in [0.717, 1.165) is 70.5 Å². The van der Waals surface area contributed by atoms with Crippen molar-refractivity contribution in [1.82, 2.24) is 14.8 Å². The van der Waals surface area contributed by atoms with Gasteiger partial charge in [-0.2, -0.15) is 0 Å². The molecule has 4 heteroatoms. The number of benzene rings is 1. The Kier molecular flexibility index (Phi) is 4.67. The highest BCUT2D eigenvalue weighted by atomic mass is 16.2. The highest BCUT2D eigenvalue weighted by Gasteiger charge is 2.48. The van der Waals surface area contributed by atoms with Crippen molar-refractivity contribution in [3.8, 4) is 0 Å². The Balaban J connectivity index is 1.34. The molecule has 4 nitrogen and oxygen atoms in total. The van der Waals surface area contributed by atoms with Crippen LogP contribution >= 0.6 is 0 Å². The van der Waals surface area contributed by atoms with Gasteiger partial charge in [0.1, 0.15) is 0 Å². The summed E-state index contributed by atoms with van der Waals surface area (Å²) in [6.07, 6.45) is 7.48. The van der Waals surface area contributed by atoms with Gasteiger partial charge in [-0.3, -0.25) is 14.7 Å². The number of hydrogen-bond donors (Lipinski definition) is 0. The van der Waals surface area contributed by atoms with Gasteiger partial charge in [0.05, 0.1) is 11.6 Å². The Morgan fingerprint density at radius 1 is 1.00 bits per heavy atom. The second-order valence-electron chi connectivity index (χ2n) is 8.75. The molecule has 3 aliphatic rings. The molecule has 1 spiro atoms. The van der Waals surface area contributed by atoms with Crippen molar-refractivity contribution in [3.05, 3.63) is 65.5 Å². The first kappa shape index (κ1) is 17.9. The predicted octanol–water partition coefficient (Wildman–Crippen LogP) is 3.73. The third kappa shape index (κ3) is 3.14. The molecule has 0 N–H and O–H groups in total. The smallest absolute Gasteiger partial charge is 0.230 e. The third-order valence-electron chi connectivity index (χ3n) is 7.14. The molecule has 1 aromatic heterocycles. The summed E-state index contributed by atoms with van der Waals surface area (Å²) < 4.78 is 0. The van der Waals surface area contributed by atoms with Gasteiger partial charge in [0.2, 0.25) is 5.91 Å². The van der Waals surface area contributed by atoms with Crippen molar-refractivity contribution >= 4 is 5.91 Å². The van der Waals surface area contributed by atoms with Crippen LogP contribution in [0.3, 0.4) is 0 Å². The molecule has 1 aliphatic carbocycles. The first-order valence-corrected chi connectivity index (χ1v) is 10.8. The summed E-state index contributed by atoms with van der Waals surface area (Å²) in [5.74, 6) is 0.439. The van der Waals surface area contributed by atoms with Gasteiger partial charge in [-0.25, -0.2) is 0 Å². The highest BCUT2D eigenvalue weighted by Crippen LogP contribution is 2.52. The number of hydrogen-bond acceptors (Lipinski definition) is 3. The molecule has 3 heterocycles. The number of nitrogens with zero attached hydrogens (tertiary/aromatic N) is 3. The van der Waals surface area contributed by atoms with Crippen molar-refractivity contribution in [1.29, 1.82) is 0 Å². The minimum absolute atomic E-state index is 0.0663. The molecule has 0 saturated carbocycles. The molecular weight excluding hydrogens is 346 g/mol. The molecule has 0 bridgehead atoms. The lowest BCUT2D eigenvalue weighted by Crippen LogP contribution is -2.42. The lowest BCUT2D eigenvalue weighted by molar-refractivity contribution is -0.132. The lowest BCUT2D eigenvalue weighted by Gasteiger charge is -2.40. The number of fused-ring (bicyclic) bond motifs is 2. The van der Waals surface area contributed by atoms with Gasteiger partial charge in [0, 0.05) is 25.8 Å². The zero-order chi connectivity index (χ0) is 19.0. The Labute approximate surface area is 167 Å². The maximum absolute atomic E-state index is 13.2. The van der Waals surface area contributed by atoms with Crippen molar-refractivity contribution < 1.29 is 4.79 Å². The molecule has 146 valence electrons. The fraction of sp³-hybridized carbons (Fsp3) is 0.500. The van der Waals surface area contributed by atoms with Crippen molar-refractivity contribution in [3.63, 3.8) is 0 Å². The number of carbonyl (C=O) groups is 1. The summed E-state index contributed by atoms with van der Waals surface area (Å²) in [5.41, 5.74) is 4.08. The van der Waals surface area contributed by atoms with Gasteiger partial charge < -0.3 is 4.90 Å². The summed E-state index contributed by atoms with van der Waals surface area (Å²) in [6, 6.07) is 14.9. The number of rotatable bonds is 3. The van der Waals surface area contributed by atoms with Crippen LogP contribution in [0.5, 0.6) is 0 Å². The van der Waals surface area contributed by atoms with Gasteiger partial charge in [-0.15, -0.1) is 0 Å². The van der Waals surface area contributed by atoms with Crippen LogP contribution in [0.1, 0.15) is 54.8 Å². The van der Waals surface area contributed by atoms with Crippen LogP contribution in [0.4, 0.5) is 0 Å². The topological polar surface area (TPSA) is 36.4 Å². The number of amides is 1. The number of aromatic nitrogens is 1. The van der Waals surface area contributed by atoms with E-state index < -0.39 is 0 Å². The highest BCUT2D eigenvalue weighted by molar-refractivity contribution is 5.86. The Hall–Kier alpha value is -2.20. The SMILES string of the molecule is O=C(C1CC2(CCN(Cc3ccccn3)CC2)c2ccccc21)N1CCCC1. The van der Waals surface area contributed by atoms with E-state index in [1.54, 1.807) is 0 Å². The monoisotopic (exact) mass is 375 g/mol. The predicted molar refractivity (Wildman–Crippen MR) is 110 cm³/mol. The molecular formula is C24H29N3O. The van der Waals surface area contributed by atoms with E-state index in [-0.39, 0.29) is 11.3 Å². The molecule has 1 aromatic carbocycles. The lowest BCUT2D eigenvalue weighted by atomic mass is 9.73. The zero-order valence-corrected chi connectivity index (χ0v) is 16.5. The van der Waals surface area contributed by atoms with Crippen LogP contribution in [0.2, 0.25) is 0 Å². The van der Waals surface area contributed by atoms with Gasteiger partial charge in [-0.05, 0) is 73.9 Å². The minimum Gasteiger partial charge on any atom is -0.342 e. The quantitative estimate of drug-likeness (QED) is 0.820. The van der Waals surface area contributed by atoms with Crippen LogP contribution in [0, 0.1) is 0 Å². The Morgan fingerprint density at radius 3 is 2.50 bits per heavy atom. The summed E-state index contributed by atoms with van der Waals surface area (Å²) in [5, 5.41) is 0. The molecule has 1 unspecified atom stereocenters. The van der Waals surface area contributed by atoms with Gasteiger partial charge in [-0.1, -0.05) is 30.3 Å². The van der Waals surface area contributed by atoms with Crippen LogP contribution in [0.15, 0.2) is 48.7 Å².